The molecule has 4 N–H and O–H groups in total. The van der Waals surface area contributed by atoms with E-state index in [4.69, 9.17) is 11.5 Å². The Kier molecular flexibility index (Phi) is 2.60. The topological polar surface area (TPSA) is 82.8 Å². The highest BCUT2D eigenvalue weighted by Crippen LogP contribution is 2.43. The summed E-state index contributed by atoms with van der Waals surface area (Å²) in [7, 11) is 0. The van der Waals surface area contributed by atoms with E-state index in [-0.39, 0.29) is 17.1 Å². The van der Waals surface area contributed by atoms with Crippen molar-refractivity contribution in [1.82, 2.24) is 14.5 Å². The number of fused-ring (bicyclic) bond motifs is 1. The van der Waals surface area contributed by atoms with Crippen LogP contribution in [0.1, 0.15) is 18.9 Å². The molecular weight excluding hydrogens is 288 g/mol. The van der Waals surface area contributed by atoms with E-state index in [0.717, 1.165) is 25.0 Å². The van der Waals surface area contributed by atoms with Crippen molar-refractivity contribution in [2.24, 2.45) is 0 Å². The third-order valence-electron chi connectivity index (χ3n) is 3.91. The molecule has 2 heterocycles. The highest BCUT2D eigenvalue weighted by Gasteiger charge is 2.29. The monoisotopic (exact) mass is 301 g/mol. The van der Waals surface area contributed by atoms with Crippen LogP contribution in [0.4, 0.5) is 20.3 Å². The molecule has 3 aromatic rings. The maximum atomic E-state index is 14.3. The molecule has 0 radical (unpaired) electrons. The molecule has 0 spiro atoms. The van der Waals surface area contributed by atoms with Crippen molar-refractivity contribution < 1.29 is 8.78 Å². The summed E-state index contributed by atoms with van der Waals surface area (Å²) in [5, 5.41) is 0.469. The van der Waals surface area contributed by atoms with Crippen LogP contribution in [0.3, 0.4) is 0 Å². The van der Waals surface area contributed by atoms with Gasteiger partial charge in [-0.15, -0.1) is 0 Å². The largest absolute Gasteiger partial charge is 0.399 e. The summed E-state index contributed by atoms with van der Waals surface area (Å²) >= 11 is 0. The number of nitrogen functional groups attached to an aromatic ring is 2. The molecule has 1 fully saturated rings. The van der Waals surface area contributed by atoms with Crippen molar-refractivity contribution in [3.63, 3.8) is 0 Å². The summed E-state index contributed by atoms with van der Waals surface area (Å²) in [5.74, 6) is -1.25. The lowest BCUT2D eigenvalue weighted by Gasteiger charge is -2.05. The van der Waals surface area contributed by atoms with Gasteiger partial charge in [0, 0.05) is 23.5 Å². The molecule has 0 atom stereocenters. The first-order valence-electron chi connectivity index (χ1n) is 6.92. The highest BCUT2D eigenvalue weighted by molar-refractivity contribution is 6.01. The molecule has 1 saturated carbocycles. The third kappa shape index (κ3) is 1.82. The van der Waals surface area contributed by atoms with E-state index >= 15 is 0 Å². The van der Waals surface area contributed by atoms with Gasteiger partial charge in [-0.25, -0.2) is 18.7 Å². The number of anilines is 2. The minimum Gasteiger partial charge on any atom is -0.399 e. The van der Waals surface area contributed by atoms with Crippen molar-refractivity contribution in [2.45, 2.75) is 18.9 Å². The summed E-state index contributed by atoms with van der Waals surface area (Å²) in [5.41, 5.74) is 12.2. The second-order valence-electron chi connectivity index (χ2n) is 5.50. The molecule has 1 aromatic carbocycles. The maximum absolute atomic E-state index is 14.3. The van der Waals surface area contributed by atoms with Crippen LogP contribution in [0.2, 0.25) is 0 Å². The van der Waals surface area contributed by atoms with Gasteiger partial charge in [-0.3, -0.25) is 0 Å². The lowest BCUT2D eigenvalue weighted by Crippen LogP contribution is -1.97. The SMILES string of the molecule is Nc1cc(F)c(-c2cn(C3CC3)c3ncnc(N)c23)c(F)c1. The number of aromatic nitrogens is 3. The zero-order chi connectivity index (χ0) is 15.4. The Morgan fingerprint density at radius 3 is 2.41 bits per heavy atom. The molecule has 7 heteroatoms. The molecule has 1 aliphatic carbocycles. The van der Waals surface area contributed by atoms with Crippen molar-refractivity contribution in [3.8, 4) is 11.1 Å². The summed E-state index contributed by atoms with van der Waals surface area (Å²) in [6.45, 7) is 0. The number of nitrogens with two attached hydrogens (primary N) is 2. The molecule has 5 nitrogen and oxygen atoms in total. The van der Waals surface area contributed by atoms with Crippen LogP contribution in [-0.2, 0) is 0 Å². The maximum Gasteiger partial charge on any atom is 0.146 e. The van der Waals surface area contributed by atoms with Crippen LogP contribution in [-0.4, -0.2) is 14.5 Å². The fourth-order valence-electron chi connectivity index (χ4n) is 2.78. The number of halogens is 2. The van der Waals surface area contributed by atoms with Gasteiger partial charge in [0.1, 0.15) is 29.4 Å². The first-order valence-corrected chi connectivity index (χ1v) is 6.92. The fraction of sp³-hybridized carbons (Fsp3) is 0.200. The van der Waals surface area contributed by atoms with Crippen molar-refractivity contribution >= 4 is 22.5 Å². The normalized spacial score (nSPS) is 14.6. The molecule has 2 aromatic heterocycles. The van der Waals surface area contributed by atoms with Crippen molar-refractivity contribution in [3.05, 3.63) is 36.3 Å². The molecule has 112 valence electrons. The van der Waals surface area contributed by atoms with Crippen LogP contribution < -0.4 is 11.5 Å². The van der Waals surface area contributed by atoms with E-state index in [1.54, 1.807) is 6.20 Å². The number of hydrogen-bond acceptors (Lipinski definition) is 4. The second-order valence-corrected chi connectivity index (χ2v) is 5.50. The Labute approximate surface area is 124 Å². The van der Waals surface area contributed by atoms with Crippen LogP contribution >= 0.6 is 0 Å². The van der Waals surface area contributed by atoms with Gasteiger partial charge >= 0.3 is 0 Å². The Balaban J connectivity index is 2.08. The van der Waals surface area contributed by atoms with Gasteiger partial charge in [-0.05, 0) is 25.0 Å². The van der Waals surface area contributed by atoms with E-state index in [1.807, 2.05) is 4.57 Å². The van der Waals surface area contributed by atoms with E-state index in [9.17, 15) is 8.78 Å². The Morgan fingerprint density at radius 1 is 1.09 bits per heavy atom. The molecule has 1 aliphatic rings. The number of benzene rings is 1. The summed E-state index contributed by atoms with van der Waals surface area (Å²) in [6, 6.07) is 2.49. The average Bonchev–Trinajstić information content (AvgIpc) is 3.21. The van der Waals surface area contributed by atoms with Crippen LogP contribution in [0, 0.1) is 11.6 Å². The molecule has 0 saturated heterocycles. The van der Waals surface area contributed by atoms with Gasteiger partial charge in [0.25, 0.3) is 0 Å². The van der Waals surface area contributed by atoms with Gasteiger partial charge in [0.05, 0.1) is 10.9 Å². The van der Waals surface area contributed by atoms with E-state index in [1.165, 1.54) is 6.33 Å². The molecule has 0 bridgehead atoms. The quantitative estimate of drug-likeness (QED) is 0.713. The van der Waals surface area contributed by atoms with E-state index in [2.05, 4.69) is 9.97 Å². The van der Waals surface area contributed by atoms with Crippen LogP contribution in [0.5, 0.6) is 0 Å². The predicted octanol–water partition coefficient (Wildman–Crippen LogP) is 2.88. The Hall–Kier alpha value is -2.70. The van der Waals surface area contributed by atoms with Gasteiger partial charge in [-0.2, -0.15) is 0 Å². The van der Waals surface area contributed by atoms with E-state index in [0.29, 0.717) is 22.6 Å². The molecular formula is C15H13F2N5. The predicted molar refractivity (Wildman–Crippen MR) is 80.0 cm³/mol. The standard InChI is InChI=1S/C15H13F2N5/c16-10-3-7(18)4-11(17)12(10)9-5-22(8-1-2-8)15-13(9)14(19)20-6-21-15/h3-6,8H,1-2,18H2,(H2,19,20,21). The average molecular weight is 301 g/mol. The lowest BCUT2D eigenvalue weighted by atomic mass is 10.0. The molecule has 0 amide bonds. The summed E-state index contributed by atoms with van der Waals surface area (Å²) in [6.07, 6.45) is 5.08. The number of rotatable bonds is 2. The molecule has 4 rings (SSSR count). The smallest absolute Gasteiger partial charge is 0.146 e. The van der Waals surface area contributed by atoms with Gasteiger partial charge in [0.2, 0.25) is 0 Å². The number of nitrogens with zero attached hydrogens (tertiary/aromatic N) is 3. The van der Waals surface area contributed by atoms with E-state index < -0.39 is 11.6 Å². The van der Waals surface area contributed by atoms with Gasteiger partial charge in [-0.1, -0.05) is 0 Å². The first-order chi connectivity index (χ1) is 10.6. The minimum absolute atomic E-state index is 0.0360. The first kappa shape index (κ1) is 13.0. The molecule has 0 unspecified atom stereocenters. The highest BCUT2D eigenvalue weighted by atomic mass is 19.1. The third-order valence-corrected chi connectivity index (χ3v) is 3.91. The number of hydrogen-bond donors (Lipinski definition) is 2. The summed E-state index contributed by atoms with van der Waals surface area (Å²) in [4.78, 5) is 8.18. The zero-order valence-corrected chi connectivity index (χ0v) is 11.6. The minimum atomic E-state index is -0.726. The summed E-state index contributed by atoms with van der Waals surface area (Å²) < 4.78 is 30.5. The van der Waals surface area contributed by atoms with Gasteiger partial charge < -0.3 is 16.0 Å². The Bertz CT molecular complexity index is 875. The zero-order valence-electron chi connectivity index (χ0n) is 11.6. The van der Waals surface area contributed by atoms with Crippen LogP contribution in [0.15, 0.2) is 24.7 Å². The molecule has 22 heavy (non-hydrogen) atoms. The lowest BCUT2D eigenvalue weighted by molar-refractivity contribution is 0.591. The van der Waals surface area contributed by atoms with Crippen molar-refractivity contribution in [2.75, 3.05) is 11.5 Å². The Morgan fingerprint density at radius 2 is 1.77 bits per heavy atom. The van der Waals surface area contributed by atoms with Crippen molar-refractivity contribution in [1.29, 1.82) is 0 Å². The van der Waals surface area contributed by atoms with Crippen LogP contribution in [0.25, 0.3) is 22.2 Å². The fourth-order valence-corrected chi connectivity index (χ4v) is 2.78. The second kappa shape index (κ2) is 4.40. The molecule has 0 aliphatic heterocycles. The van der Waals surface area contributed by atoms with Gasteiger partial charge in [0.15, 0.2) is 0 Å².